The molecule has 0 saturated heterocycles. The molecule has 0 aromatic rings. The van der Waals surface area contributed by atoms with Crippen LogP contribution in [0.15, 0.2) is 22.3 Å². The topological polar surface area (TPSA) is 39.4 Å². The molecule has 2 nitrogen and oxygen atoms in total. The molecule has 0 atom stereocenters. The lowest BCUT2D eigenvalue weighted by Gasteiger charge is -2.24. The van der Waals surface area contributed by atoms with E-state index in [9.17, 15) is 10.2 Å². The van der Waals surface area contributed by atoms with Crippen molar-refractivity contribution in [2.45, 2.75) is 27.7 Å². The van der Waals surface area contributed by atoms with Crippen LogP contribution in [0.3, 0.4) is 0 Å². The third-order valence-electron chi connectivity index (χ3n) is 2.52. The van der Waals surface area contributed by atoms with Gasteiger partial charge in [0.1, 0.15) is 0 Å². The van der Waals surface area contributed by atoms with Gasteiger partial charge in [0.15, 0.2) is 5.78 Å². The number of rotatable bonds is 0. The van der Waals surface area contributed by atoms with E-state index >= 15 is 0 Å². The van der Waals surface area contributed by atoms with Crippen LogP contribution in [0.5, 0.6) is 0 Å². The Morgan fingerprint density at radius 3 is 1.50 bits per heavy atom. The van der Waals surface area contributed by atoms with Gasteiger partial charge in [0.05, 0.1) is 0 Å². The molecule has 2 heteroatoms. The number of allylic oxidation sites excluding steroid dienone is 4. The van der Waals surface area contributed by atoms with Crippen molar-refractivity contribution in [3.05, 3.63) is 27.7 Å². The van der Waals surface area contributed by atoms with Crippen molar-refractivity contribution in [3.8, 4) is 0 Å². The average molecular weight is 162 g/mol. The Morgan fingerprint density at radius 2 is 1.17 bits per heavy atom. The average Bonchev–Trinajstić information content (AvgIpc) is 2.08. The number of ketones is 1. The maximum absolute atomic E-state index is 11.5. The highest BCUT2D eigenvalue weighted by atomic mass is 16.1. The zero-order valence-corrected chi connectivity index (χ0v) is 7.86. The lowest BCUT2D eigenvalue weighted by Crippen LogP contribution is -2.18. The fourth-order valence-electron chi connectivity index (χ4n) is 1.26. The van der Waals surface area contributed by atoms with Gasteiger partial charge in [-0.1, -0.05) is 11.1 Å². The lowest BCUT2D eigenvalue weighted by atomic mass is 9.86. The van der Waals surface area contributed by atoms with E-state index in [0.717, 1.165) is 0 Å². The summed E-state index contributed by atoms with van der Waals surface area (Å²) in [5, 5.41) is 9.55. The highest BCUT2D eigenvalue weighted by Gasteiger charge is 2.17. The van der Waals surface area contributed by atoms with Crippen LogP contribution < -0.4 is 0 Å². The van der Waals surface area contributed by atoms with Crippen molar-refractivity contribution < 1.29 is 4.79 Å². The third kappa shape index (κ3) is 1.04. The molecule has 1 aliphatic rings. The van der Waals surface area contributed by atoms with E-state index in [1.807, 2.05) is 0 Å². The summed E-state index contributed by atoms with van der Waals surface area (Å²) in [6, 6.07) is 0. The molecule has 0 spiro atoms. The van der Waals surface area contributed by atoms with Gasteiger partial charge in [-0.15, -0.1) is 0 Å². The molecule has 0 bridgehead atoms. The van der Waals surface area contributed by atoms with Crippen LogP contribution in [-0.4, -0.2) is 11.5 Å². The lowest BCUT2D eigenvalue weighted by molar-refractivity contribution is -0.112. The summed E-state index contributed by atoms with van der Waals surface area (Å²) in [5.74, 6) is 0.0443. The van der Waals surface area contributed by atoms with Crippen LogP contribution in [-0.2, 0) is 4.79 Å². The zero-order chi connectivity index (χ0) is 9.46. The largest absolute Gasteiger partial charge is 0.803 e. The van der Waals surface area contributed by atoms with E-state index in [1.165, 1.54) is 0 Å². The SMILES string of the molecule is CC1=C(C)C(=O)C(C)=C(C)C1=[N-]. The predicted octanol–water partition coefficient (Wildman–Crippen LogP) is 2.25. The van der Waals surface area contributed by atoms with Crippen molar-refractivity contribution in [3.63, 3.8) is 0 Å². The molecule has 0 radical (unpaired) electrons. The second-order valence-corrected chi connectivity index (χ2v) is 3.18. The van der Waals surface area contributed by atoms with Crippen LogP contribution in [0.25, 0.3) is 5.41 Å². The highest BCUT2D eigenvalue weighted by Crippen LogP contribution is 2.23. The Labute approximate surface area is 72.5 Å². The van der Waals surface area contributed by atoms with Crippen LogP contribution >= 0.6 is 0 Å². The van der Waals surface area contributed by atoms with Crippen LogP contribution in [0.2, 0.25) is 0 Å². The van der Waals surface area contributed by atoms with Crippen molar-refractivity contribution in [2.75, 3.05) is 0 Å². The summed E-state index contributed by atoms with van der Waals surface area (Å²) in [7, 11) is 0. The minimum Gasteiger partial charge on any atom is -0.803 e. The smallest absolute Gasteiger partial charge is 0.184 e. The second kappa shape index (κ2) is 2.70. The van der Waals surface area contributed by atoms with Gasteiger partial charge in [0.25, 0.3) is 0 Å². The summed E-state index contributed by atoms with van der Waals surface area (Å²) < 4.78 is 0. The van der Waals surface area contributed by atoms with Crippen LogP contribution in [0, 0.1) is 0 Å². The number of carbonyl (C=O) groups excluding carboxylic acids is 1. The number of nitrogens with zero attached hydrogens (tertiary/aromatic N) is 1. The fourth-order valence-corrected chi connectivity index (χ4v) is 1.26. The molecule has 12 heavy (non-hydrogen) atoms. The zero-order valence-electron chi connectivity index (χ0n) is 7.86. The molecule has 0 heterocycles. The number of hydrogen-bond donors (Lipinski definition) is 0. The van der Waals surface area contributed by atoms with Crippen molar-refractivity contribution in [1.29, 1.82) is 0 Å². The van der Waals surface area contributed by atoms with Crippen LogP contribution in [0.1, 0.15) is 27.7 Å². The second-order valence-electron chi connectivity index (χ2n) is 3.18. The van der Waals surface area contributed by atoms with Gasteiger partial charge in [0, 0.05) is 0 Å². The standard InChI is InChI=1S/C10H12NO/c1-5-7(3)10(12)8(4)6(2)9(5)11/h1-4H3/q-1. The number of hydrogen-bond acceptors (Lipinski definition) is 1. The molecular weight excluding hydrogens is 150 g/mol. The molecule has 1 aliphatic carbocycles. The molecule has 0 fully saturated rings. The molecule has 1 rings (SSSR count). The summed E-state index contributed by atoms with van der Waals surface area (Å²) in [6.45, 7) is 7.00. The Kier molecular flexibility index (Phi) is 2.01. The molecule has 0 aromatic carbocycles. The molecule has 0 N–H and O–H groups in total. The first kappa shape index (κ1) is 8.91. The van der Waals surface area contributed by atoms with E-state index in [4.69, 9.17) is 0 Å². The Morgan fingerprint density at radius 1 is 0.833 bits per heavy atom. The molecule has 0 amide bonds. The summed E-state index contributed by atoms with van der Waals surface area (Å²) in [6.07, 6.45) is 0. The fraction of sp³-hybridized carbons (Fsp3) is 0.400. The molecular formula is C10H12NO-. The van der Waals surface area contributed by atoms with Gasteiger partial charge < -0.3 is 5.41 Å². The van der Waals surface area contributed by atoms with E-state index < -0.39 is 0 Å². The normalized spacial score (nSPS) is 19.3. The first-order chi connectivity index (χ1) is 5.46. The summed E-state index contributed by atoms with van der Waals surface area (Å²) >= 11 is 0. The monoisotopic (exact) mass is 162 g/mol. The van der Waals surface area contributed by atoms with Gasteiger partial charge >= 0.3 is 0 Å². The van der Waals surface area contributed by atoms with Crippen molar-refractivity contribution >= 4 is 11.5 Å². The van der Waals surface area contributed by atoms with Gasteiger partial charge in [-0.25, -0.2) is 0 Å². The minimum absolute atomic E-state index is 0.0443. The number of Topliss-reactive ketones (excluding diaryl/α,β-unsaturated/α-hetero) is 1. The van der Waals surface area contributed by atoms with Crippen LogP contribution in [0.4, 0.5) is 0 Å². The first-order valence-corrected chi connectivity index (χ1v) is 3.93. The summed E-state index contributed by atoms with van der Waals surface area (Å²) in [4.78, 5) is 11.5. The van der Waals surface area contributed by atoms with Crippen molar-refractivity contribution in [2.24, 2.45) is 0 Å². The minimum atomic E-state index is 0.0443. The molecule has 0 aliphatic heterocycles. The van der Waals surface area contributed by atoms with Gasteiger partial charge in [-0.3, -0.25) is 4.79 Å². The molecule has 0 unspecified atom stereocenters. The Balaban J connectivity index is 3.32. The third-order valence-corrected chi connectivity index (χ3v) is 2.52. The highest BCUT2D eigenvalue weighted by molar-refractivity contribution is 6.27. The van der Waals surface area contributed by atoms with E-state index in [1.54, 1.807) is 27.7 Å². The van der Waals surface area contributed by atoms with Gasteiger partial charge in [-0.05, 0) is 38.8 Å². The maximum Gasteiger partial charge on any atom is 0.184 e. The van der Waals surface area contributed by atoms with E-state index in [2.05, 4.69) is 0 Å². The van der Waals surface area contributed by atoms with Crippen molar-refractivity contribution in [1.82, 2.24) is 0 Å². The molecule has 0 aromatic heterocycles. The Bertz CT molecular complexity index is 270. The maximum atomic E-state index is 11.5. The molecule has 0 saturated carbocycles. The Hall–Kier alpha value is -1.18. The van der Waals surface area contributed by atoms with E-state index in [-0.39, 0.29) is 11.5 Å². The molecule has 64 valence electrons. The first-order valence-electron chi connectivity index (χ1n) is 3.93. The number of carbonyl (C=O) groups is 1. The quantitative estimate of drug-likeness (QED) is 0.503. The van der Waals surface area contributed by atoms with E-state index in [0.29, 0.717) is 22.3 Å². The predicted molar refractivity (Wildman–Crippen MR) is 50.1 cm³/mol. The summed E-state index contributed by atoms with van der Waals surface area (Å²) in [5.41, 5.74) is 2.95. The van der Waals surface area contributed by atoms with Gasteiger partial charge in [-0.2, -0.15) is 5.71 Å². The van der Waals surface area contributed by atoms with Gasteiger partial charge in [0.2, 0.25) is 0 Å².